The summed E-state index contributed by atoms with van der Waals surface area (Å²) in [4.78, 5) is 4.17. The van der Waals surface area contributed by atoms with Crippen LogP contribution >= 0.6 is 0 Å². The molecule has 4 aromatic rings. The molecule has 10 heteroatoms. The zero-order valence-electron chi connectivity index (χ0n) is 16.7. The number of hydrogen-bond acceptors (Lipinski definition) is 6. The Morgan fingerprint density at radius 3 is 1.97 bits per heavy atom. The van der Waals surface area contributed by atoms with Crippen molar-refractivity contribution in [1.29, 1.82) is 0 Å². The van der Waals surface area contributed by atoms with Crippen molar-refractivity contribution in [2.24, 2.45) is 19.1 Å². The van der Waals surface area contributed by atoms with E-state index in [0.29, 0.717) is 5.69 Å². The third-order valence-electron chi connectivity index (χ3n) is 4.45. The van der Waals surface area contributed by atoms with Crippen LogP contribution in [0.2, 0.25) is 0 Å². The molecule has 0 radical (unpaired) electrons. The van der Waals surface area contributed by atoms with Gasteiger partial charge in [-0.25, -0.2) is 14.1 Å². The number of amidine groups is 1. The molecule has 31 heavy (non-hydrogen) atoms. The smallest absolute Gasteiger partial charge is 0.212 e. The Morgan fingerprint density at radius 1 is 0.871 bits per heavy atom. The average molecular weight is 439 g/mol. The zero-order chi connectivity index (χ0) is 22.6. The summed E-state index contributed by atoms with van der Waals surface area (Å²) in [6.45, 7) is 0. The molecule has 0 aliphatic carbocycles. The first-order chi connectivity index (χ1) is 14.6. The fraction of sp³-hybridized carbons (Fsp3) is 0.0952. The van der Waals surface area contributed by atoms with Gasteiger partial charge in [0.05, 0.1) is 11.7 Å². The third kappa shape index (κ3) is 6.19. The third-order valence-corrected chi connectivity index (χ3v) is 4.45. The summed E-state index contributed by atoms with van der Waals surface area (Å²) in [7, 11) is -1.18. The Morgan fingerprint density at radius 2 is 1.39 bits per heavy atom. The van der Waals surface area contributed by atoms with Crippen molar-refractivity contribution in [1.82, 2.24) is 0 Å². The fourth-order valence-electron chi connectivity index (χ4n) is 3.13. The van der Waals surface area contributed by atoms with Crippen LogP contribution in [0.15, 0.2) is 78.0 Å². The minimum Gasteiger partial charge on any atom is -0.846 e. The Bertz CT molecular complexity index is 1380. The second-order valence-electron chi connectivity index (χ2n) is 6.71. The molecular formula is C21H19N4O5S-. The number of pyridine rings is 2. The Balaban J connectivity index is 0.000000491. The van der Waals surface area contributed by atoms with E-state index in [1.165, 1.54) is 0 Å². The number of rotatable bonds is 2. The van der Waals surface area contributed by atoms with Crippen LogP contribution in [0.5, 0.6) is 0 Å². The summed E-state index contributed by atoms with van der Waals surface area (Å²) in [6.07, 6.45) is 3.99. The fourth-order valence-corrected chi connectivity index (χ4v) is 3.13. The van der Waals surface area contributed by atoms with E-state index in [1.54, 1.807) is 0 Å². The van der Waals surface area contributed by atoms with Gasteiger partial charge in [0, 0.05) is 51.1 Å². The first-order valence-corrected chi connectivity index (χ1v) is 10.4. The van der Waals surface area contributed by atoms with Gasteiger partial charge in [0.15, 0.2) is 12.4 Å². The predicted octanol–water partition coefficient (Wildman–Crippen LogP) is 0.764. The highest BCUT2D eigenvalue weighted by Gasteiger charge is 2.05. The summed E-state index contributed by atoms with van der Waals surface area (Å²) >= 11 is 0. The van der Waals surface area contributed by atoms with Crippen molar-refractivity contribution >= 4 is 49.6 Å². The first kappa shape index (κ1) is 22.1. The van der Waals surface area contributed by atoms with Crippen molar-refractivity contribution in [3.05, 3.63) is 73.1 Å². The highest BCUT2D eigenvalue weighted by Crippen LogP contribution is 2.20. The lowest BCUT2D eigenvalue weighted by Crippen LogP contribution is -2.28. The van der Waals surface area contributed by atoms with Crippen LogP contribution in [0, 0.1) is 0 Å². The number of hydrogen-bond donors (Lipinski definition) is 1. The minimum atomic E-state index is -5.17. The molecule has 0 saturated heterocycles. The van der Waals surface area contributed by atoms with Gasteiger partial charge in [-0.05, 0) is 36.4 Å². The highest BCUT2D eigenvalue weighted by molar-refractivity contribution is 7.79. The second kappa shape index (κ2) is 9.04. The number of fused-ring (bicyclic) bond motifs is 2. The molecule has 0 spiro atoms. The Kier molecular flexibility index (Phi) is 6.44. The molecule has 0 unspecified atom stereocenters. The topological polar surface area (TPSA) is 135 Å². The SMILES string of the molecule is C[n+]1cccc2cc(N=C([O-])Nc3ccc4c(ccc[n+]4C)c3)ccc21.O=S(=O)([O-])[O-]. The van der Waals surface area contributed by atoms with Gasteiger partial charge in [0.2, 0.25) is 11.0 Å². The quantitative estimate of drug-likeness (QED) is 0.161. The van der Waals surface area contributed by atoms with E-state index in [-0.39, 0.29) is 6.02 Å². The van der Waals surface area contributed by atoms with Crippen molar-refractivity contribution in [3.8, 4) is 0 Å². The highest BCUT2D eigenvalue weighted by atomic mass is 32.3. The molecule has 1 N–H and O–H groups in total. The maximum Gasteiger partial charge on any atom is 0.212 e. The lowest BCUT2D eigenvalue weighted by Gasteiger charge is -2.14. The lowest BCUT2D eigenvalue weighted by atomic mass is 10.2. The number of aliphatic imine (C=N–C) groups is 1. The van der Waals surface area contributed by atoms with Crippen molar-refractivity contribution < 1.29 is 31.8 Å². The number of nitrogens with one attached hydrogen (secondary N) is 1. The van der Waals surface area contributed by atoms with Gasteiger partial charge in [-0.2, -0.15) is 0 Å². The molecule has 0 aliphatic heterocycles. The van der Waals surface area contributed by atoms with Gasteiger partial charge in [-0.1, -0.05) is 0 Å². The molecule has 4 rings (SSSR count). The van der Waals surface area contributed by atoms with E-state index in [2.05, 4.69) is 10.3 Å². The van der Waals surface area contributed by atoms with Crippen molar-refractivity contribution in [2.45, 2.75) is 0 Å². The molecule has 0 atom stereocenters. The van der Waals surface area contributed by atoms with Crippen LogP contribution < -0.4 is 19.6 Å². The first-order valence-electron chi connectivity index (χ1n) is 9.06. The van der Waals surface area contributed by atoms with Crippen LogP contribution in [-0.4, -0.2) is 23.5 Å². The normalized spacial score (nSPS) is 11.8. The van der Waals surface area contributed by atoms with Crippen LogP contribution in [0.25, 0.3) is 21.8 Å². The molecule has 160 valence electrons. The maximum atomic E-state index is 12.3. The molecular weight excluding hydrogens is 420 g/mol. The van der Waals surface area contributed by atoms with Crippen molar-refractivity contribution in [2.75, 3.05) is 5.32 Å². The minimum absolute atomic E-state index is 0.385. The second-order valence-corrected chi connectivity index (χ2v) is 7.52. The number of anilines is 1. The van der Waals surface area contributed by atoms with E-state index in [0.717, 1.165) is 27.5 Å². The summed E-state index contributed by atoms with van der Waals surface area (Å²) in [6, 6.07) is 19.1. The molecule has 0 fully saturated rings. The standard InChI is InChI=1S/C21H19N4O.H2O4S/c1-24-11-3-5-15-13-17(7-9-19(15)24)22-21(26)23-18-8-10-20-16(14-18)6-4-12-25(20)2;1-5(2,3)4/h3-14H,1-2H3,(H-,22,23,26);(H2,1,2,3,4)/q+1;/p-2. The monoisotopic (exact) mass is 439 g/mol. The number of aromatic nitrogens is 2. The summed E-state index contributed by atoms with van der Waals surface area (Å²) in [5.74, 6) is 0. The van der Waals surface area contributed by atoms with Gasteiger partial charge in [0.25, 0.3) is 0 Å². The number of aryl methyl sites for hydroxylation is 2. The Labute approximate surface area is 179 Å². The predicted molar refractivity (Wildman–Crippen MR) is 111 cm³/mol. The number of nitrogens with zero attached hydrogens (tertiary/aromatic N) is 3. The largest absolute Gasteiger partial charge is 0.846 e. The maximum absolute atomic E-state index is 12.3. The van der Waals surface area contributed by atoms with Crippen LogP contribution in [0.1, 0.15) is 0 Å². The number of benzene rings is 2. The summed E-state index contributed by atoms with van der Waals surface area (Å²) in [5.41, 5.74) is 3.55. The van der Waals surface area contributed by atoms with Gasteiger partial charge in [0.1, 0.15) is 14.1 Å². The lowest BCUT2D eigenvalue weighted by molar-refractivity contribution is -0.645. The van der Waals surface area contributed by atoms with E-state index >= 15 is 0 Å². The molecule has 2 heterocycles. The van der Waals surface area contributed by atoms with Gasteiger partial charge >= 0.3 is 0 Å². The van der Waals surface area contributed by atoms with E-state index in [1.807, 2.05) is 96.3 Å². The van der Waals surface area contributed by atoms with E-state index in [4.69, 9.17) is 17.5 Å². The molecule has 0 bridgehead atoms. The van der Waals surface area contributed by atoms with E-state index < -0.39 is 10.4 Å². The zero-order valence-corrected chi connectivity index (χ0v) is 17.5. The molecule has 2 aromatic carbocycles. The van der Waals surface area contributed by atoms with Gasteiger partial charge in [-0.3, -0.25) is 8.42 Å². The molecule has 0 aliphatic rings. The summed E-state index contributed by atoms with van der Waals surface area (Å²) in [5, 5.41) is 17.2. The summed E-state index contributed by atoms with van der Waals surface area (Å²) < 4.78 is 38.2. The molecule has 2 aromatic heterocycles. The van der Waals surface area contributed by atoms with Gasteiger partial charge < -0.3 is 19.5 Å². The van der Waals surface area contributed by atoms with Gasteiger partial charge in [-0.15, -0.1) is 0 Å². The van der Waals surface area contributed by atoms with Crippen LogP contribution in [0.4, 0.5) is 11.4 Å². The van der Waals surface area contributed by atoms with Crippen LogP contribution in [0.3, 0.4) is 0 Å². The van der Waals surface area contributed by atoms with Crippen LogP contribution in [-0.2, 0) is 24.5 Å². The van der Waals surface area contributed by atoms with E-state index in [9.17, 15) is 5.11 Å². The van der Waals surface area contributed by atoms with Crippen molar-refractivity contribution in [3.63, 3.8) is 0 Å². The Hall–Kier alpha value is -3.60. The molecule has 0 amide bonds. The molecule has 0 saturated carbocycles. The molecule has 9 nitrogen and oxygen atoms in total. The average Bonchev–Trinajstić information content (AvgIpc) is 2.67.